The first-order chi connectivity index (χ1) is 9.56. The molecular formula is C17H20BrNO. The van der Waals surface area contributed by atoms with Crippen molar-refractivity contribution in [3.63, 3.8) is 0 Å². The van der Waals surface area contributed by atoms with E-state index >= 15 is 0 Å². The highest BCUT2D eigenvalue weighted by molar-refractivity contribution is 9.10. The van der Waals surface area contributed by atoms with Crippen molar-refractivity contribution in [2.24, 2.45) is 0 Å². The van der Waals surface area contributed by atoms with Crippen molar-refractivity contribution in [3.8, 4) is 11.5 Å². The third-order valence-corrected chi connectivity index (χ3v) is 3.78. The predicted molar refractivity (Wildman–Crippen MR) is 87.4 cm³/mol. The van der Waals surface area contributed by atoms with Crippen molar-refractivity contribution in [3.05, 3.63) is 58.1 Å². The Kier molecular flexibility index (Phi) is 5.21. The molecule has 2 rings (SSSR count). The van der Waals surface area contributed by atoms with Crippen LogP contribution in [0.3, 0.4) is 0 Å². The molecule has 0 saturated heterocycles. The molecule has 0 saturated carbocycles. The largest absolute Gasteiger partial charge is 0.457 e. The molecule has 2 aromatic carbocycles. The Morgan fingerprint density at radius 3 is 2.55 bits per heavy atom. The van der Waals surface area contributed by atoms with Crippen molar-refractivity contribution in [1.29, 1.82) is 0 Å². The highest BCUT2D eigenvalue weighted by atomic mass is 79.9. The number of para-hydroxylation sites is 1. The first kappa shape index (κ1) is 15.1. The van der Waals surface area contributed by atoms with Gasteiger partial charge in [0.2, 0.25) is 0 Å². The minimum absolute atomic E-state index is 0.477. The topological polar surface area (TPSA) is 21.3 Å². The molecule has 0 heterocycles. The van der Waals surface area contributed by atoms with Gasteiger partial charge in [0, 0.05) is 17.1 Å². The van der Waals surface area contributed by atoms with Gasteiger partial charge in [-0.1, -0.05) is 54.0 Å². The van der Waals surface area contributed by atoms with Gasteiger partial charge in [0.05, 0.1) is 0 Å². The van der Waals surface area contributed by atoms with Crippen LogP contribution in [0.2, 0.25) is 0 Å². The van der Waals surface area contributed by atoms with Gasteiger partial charge in [0.1, 0.15) is 11.5 Å². The number of nitrogens with one attached hydrogen (secondary N) is 1. The average molecular weight is 334 g/mol. The number of halogens is 1. The molecule has 3 heteroatoms. The predicted octanol–water partition coefficient (Wildman–Crippen LogP) is 5.05. The second kappa shape index (κ2) is 6.91. The fraction of sp³-hybridized carbons (Fsp3) is 0.294. The van der Waals surface area contributed by atoms with Crippen LogP contribution in [-0.2, 0) is 6.54 Å². The van der Waals surface area contributed by atoms with E-state index in [1.54, 1.807) is 0 Å². The maximum Gasteiger partial charge on any atom is 0.130 e. The lowest BCUT2D eigenvalue weighted by molar-refractivity contribution is 0.478. The van der Waals surface area contributed by atoms with Crippen LogP contribution >= 0.6 is 15.9 Å². The van der Waals surface area contributed by atoms with Gasteiger partial charge in [-0.25, -0.2) is 0 Å². The summed E-state index contributed by atoms with van der Waals surface area (Å²) in [5, 5.41) is 3.41. The monoisotopic (exact) mass is 333 g/mol. The van der Waals surface area contributed by atoms with Crippen LogP contribution in [0.5, 0.6) is 11.5 Å². The SMILES string of the molecule is Cc1ccccc1Oc1ccc(CNC(C)C)c(Br)c1. The van der Waals surface area contributed by atoms with E-state index in [0.717, 1.165) is 28.1 Å². The van der Waals surface area contributed by atoms with E-state index < -0.39 is 0 Å². The Morgan fingerprint density at radius 2 is 1.90 bits per heavy atom. The second-order valence-corrected chi connectivity index (χ2v) is 6.01. The molecule has 0 aliphatic heterocycles. The Balaban J connectivity index is 2.11. The van der Waals surface area contributed by atoms with Gasteiger partial charge < -0.3 is 10.1 Å². The molecule has 0 aromatic heterocycles. The smallest absolute Gasteiger partial charge is 0.130 e. The summed E-state index contributed by atoms with van der Waals surface area (Å²) in [4.78, 5) is 0. The highest BCUT2D eigenvalue weighted by Crippen LogP contribution is 2.28. The first-order valence-electron chi connectivity index (χ1n) is 6.81. The van der Waals surface area contributed by atoms with Gasteiger partial charge in [-0.15, -0.1) is 0 Å². The molecule has 106 valence electrons. The molecule has 0 amide bonds. The summed E-state index contributed by atoms with van der Waals surface area (Å²) in [5.41, 5.74) is 2.37. The van der Waals surface area contributed by atoms with Crippen LogP contribution in [0.4, 0.5) is 0 Å². The standard InChI is InChI=1S/C17H20BrNO/c1-12(2)19-11-14-8-9-15(10-16(14)18)20-17-7-5-4-6-13(17)3/h4-10,12,19H,11H2,1-3H3. The minimum Gasteiger partial charge on any atom is -0.457 e. The van der Waals surface area contributed by atoms with Crippen molar-refractivity contribution < 1.29 is 4.74 Å². The van der Waals surface area contributed by atoms with Gasteiger partial charge in [0.25, 0.3) is 0 Å². The van der Waals surface area contributed by atoms with Crippen LogP contribution in [0, 0.1) is 6.92 Å². The van der Waals surface area contributed by atoms with Crippen LogP contribution in [0.25, 0.3) is 0 Å². The Labute approximate surface area is 129 Å². The van der Waals surface area contributed by atoms with Gasteiger partial charge in [-0.2, -0.15) is 0 Å². The molecule has 0 atom stereocenters. The maximum absolute atomic E-state index is 5.92. The normalized spacial score (nSPS) is 10.8. The van der Waals surface area contributed by atoms with E-state index in [-0.39, 0.29) is 0 Å². The third-order valence-electron chi connectivity index (χ3n) is 3.05. The van der Waals surface area contributed by atoms with Crippen LogP contribution in [0.1, 0.15) is 25.0 Å². The molecule has 20 heavy (non-hydrogen) atoms. The minimum atomic E-state index is 0.477. The lowest BCUT2D eigenvalue weighted by Gasteiger charge is -2.12. The molecule has 0 radical (unpaired) electrons. The molecule has 0 fully saturated rings. The summed E-state index contributed by atoms with van der Waals surface area (Å²) in [5.74, 6) is 1.74. The van der Waals surface area contributed by atoms with Gasteiger partial charge in [0.15, 0.2) is 0 Å². The van der Waals surface area contributed by atoms with E-state index in [1.807, 2.05) is 43.3 Å². The van der Waals surface area contributed by atoms with Crippen LogP contribution < -0.4 is 10.1 Å². The highest BCUT2D eigenvalue weighted by Gasteiger charge is 2.05. The summed E-state index contributed by atoms with van der Waals surface area (Å²) >= 11 is 3.61. The summed E-state index contributed by atoms with van der Waals surface area (Å²) in [7, 11) is 0. The first-order valence-corrected chi connectivity index (χ1v) is 7.61. The number of hydrogen-bond donors (Lipinski definition) is 1. The summed E-state index contributed by atoms with van der Waals surface area (Å²) < 4.78 is 6.99. The number of aryl methyl sites for hydroxylation is 1. The zero-order valence-electron chi connectivity index (χ0n) is 12.1. The third kappa shape index (κ3) is 4.09. The van der Waals surface area contributed by atoms with Gasteiger partial charge in [-0.05, 0) is 36.2 Å². The zero-order valence-corrected chi connectivity index (χ0v) is 13.7. The Bertz CT molecular complexity index is 581. The van der Waals surface area contributed by atoms with E-state index in [2.05, 4.69) is 41.2 Å². The quantitative estimate of drug-likeness (QED) is 0.826. The maximum atomic E-state index is 5.92. The number of hydrogen-bond acceptors (Lipinski definition) is 2. The van der Waals surface area contributed by atoms with Crippen molar-refractivity contribution in [2.45, 2.75) is 33.4 Å². The molecule has 0 aliphatic rings. The van der Waals surface area contributed by atoms with Gasteiger partial charge >= 0.3 is 0 Å². The van der Waals surface area contributed by atoms with Crippen molar-refractivity contribution >= 4 is 15.9 Å². The lowest BCUT2D eigenvalue weighted by atomic mass is 10.2. The Morgan fingerprint density at radius 1 is 1.15 bits per heavy atom. The van der Waals surface area contributed by atoms with Gasteiger partial charge in [-0.3, -0.25) is 0 Å². The molecular weight excluding hydrogens is 314 g/mol. The molecule has 0 spiro atoms. The van der Waals surface area contributed by atoms with E-state index in [0.29, 0.717) is 6.04 Å². The molecule has 0 unspecified atom stereocenters. The molecule has 2 aromatic rings. The zero-order chi connectivity index (χ0) is 14.5. The molecule has 0 bridgehead atoms. The fourth-order valence-corrected chi connectivity index (χ4v) is 2.34. The van der Waals surface area contributed by atoms with Crippen molar-refractivity contribution in [2.75, 3.05) is 0 Å². The van der Waals surface area contributed by atoms with E-state index in [4.69, 9.17) is 4.74 Å². The average Bonchev–Trinajstić information content (AvgIpc) is 2.40. The Hall–Kier alpha value is -1.32. The number of benzene rings is 2. The van der Waals surface area contributed by atoms with E-state index in [1.165, 1.54) is 5.56 Å². The lowest BCUT2D eigenvalue weighted by Crippen LogP contribution is -2.21. The molecule has 1 N–H and O–H groups in total. The van der Waals surface area contributed by atoms with Crippen molar-refractivity contribution in [1.82, 2.24) is 5.32 Å². The fourth-order valence-electron chi connectivity index (χ4n) is 1.85. The van der Waals surface area contributed by atoms with E-state index in [9.17, 15) is 0 Å². The number of rotatable bonds is 5. The summed E-state index contributed by atoms with van der Waals surface area (Å²) in [6.07, 6.45) is 0. The van der Waals surface area contributed by atoms with Crippen LogP contribution in [-0.4, -0.2) is 6.04 Å². The van der Waals surface area contributed by atoms with Crippen LogP contribution in [0.15, 0.2) is 46.9 Å². The summed E-state index contributed by atoms with van der Waals surface area (Å²) in [6.45, 7) is 7.18. The summed E-state index contributed by atoms with van der Waals surface area (Å²) in [6, 6.07) is 14.6. The second-order valence-electron chi connectivity index (χ2n) is 5.16. The molecule has 2 nitrogen and oxygen atoms in total. The number of ether oxygens (including phenoxy) is 1. The molecule has 0 aliphatic carbocycles.